The van der Waals surface area contributed by atoms with E-state index in [-0.39, 0.29) is 5.97 Å². The molecule has 1 aromatic carbocycles. The Bertz CT molecular complexity index is 363. The maximum atomic E-state index is 11.4. The normalized spacial score (nSPS) is 10.0. The lowest BCUT2D eigenvalue weighted by Gasteiger charge is -2.07. The van der Waals surface area contributed by atoms with E-state index in [0.29, 0.717) is 22.1 Å². The van der Waals surface area contributed by atoms with Gasteiger partial charge in [0.1, 0.15) is 0 Å². The van der Waals surface area contributed by atoms with Gasteiger partial charge in [0.25, 0.3) is 0 Å². The number of benzene rings is 1. The third-order valence-corrected chi connectivity index (χ3v) is 2.60. The van der Waals surface area contributed by atoms with Gasteiger partial charge in [0.05, 0.1) is 17.2 Å². The zero-order valence-corrected chi connectivity index (χ0v) is 9.65. The van der Waals surface area contributed by atoms with Crippen molar-refractivity contribution in [2.45, 2.75) is 18.7 Å². The summed E-state index contributed by atoms with van der Waals surface area (Å²) in [5, 5.41) is 0.460. The van der Waals surface area contributed by atoms with Crippen LogP contribution in [0.25, 0.3) is 0 Å². The van der Waals surface area contributed by atoms with Gasteiger partial charge in [-0.1, -0.05) is 11.6 Å². The van der Waals surface area contributed by atoms with Crippen LogP contribution in [0.15, 0.2) is 17.0 Å². The molecule has 76 valence electrons. The van der Waals surface area contributed by atoms with Gasteiger partial charge in [-0.3, -0.25) is 0 Å². The Kier molecular flexibility index (Phi) is 3.84. The van der Waals surface area contributed by atoms with Gasteiger partial charge >= 0.3 is 5.97 Å². The van der Waals surface area contributed by atoms with E-state index in [4.69, 9.17) is 16.3 Å². The van der Waals surface area contributed by atoms with Gasteiger partial charge in [-0.05, 0) is 31.5 Å². The number of carbonyl (C=O) groups is 1. The van der Waals surface area contributed by atoms with Crippen molar-refractivity contribution < 1.29 is 9.53 Å². The maximum absolute atomic E-state index is 11.4. The Hall–Kier alpha value is -0.670. The molecular formula is C10H11ClO2S. The maximum Gasteiger partial charge on any atom is 0.338 e. The molecule has 0 aliphatic heterocycles. The zero-order valence-electron chi connectivity index (χ0n) is 8.00. The summed E-state index contributed by atoms with van der Waals surface area (Å²) in [7, 11) is 0. The molecule has 0 N–H and O–H groups in total. The zero-order chi connectivity index (χ0) is 10.7. The second-order valence-electron chi connectivity index (χ2n) is 2.84. The van der Waals surface area contributed by atoms with Crippen molar-refractivity contribution in [2.24, 2.45) is 0 Å². The summed E-state index contributed by atoms with van der Waals surface area (Å²) in [5.74, 6) is -0.347. The van der Waals surface area contributed by atoms with Crippen molar-refractivity contribution in [3.63, 3.8) is 0 Å². The highest BCUT2D eigenvalue weighted by molar-refractivity contribution is 7.80. The first-order chi connectivity index (χ1) is 6.56. The summed E-state index contributed by atoms with van der Waals surface area (Å²) in [4.78, 5) is 12.1. The third-order valence-electron chi connectivity index (χ3n) is 1.79. The van der Waals surface area contributed by atoms with E-state index >= 15 is 0 Å². The van der Waals surface area contributed by atoms with Gasteiger partial charge in [0, 0.05) is 4.90 Å². The molecule has 0 radical (unpaired) electrons. The van der Waals surface area contributed by atoms with Crippen molar-refractivity contribution >= 4 is 30.2 Å². The van der Waals surface area contributed by atoms with Gasteiger partial charge in [-0.2, -0.15) is 0 Å². The van der Waals surface area contributed by atoms with Gasteiger partial charge in [-0.15, -0.1) is 12.6 Å². The number of aryl methyl sites for hydroxylation is 1. The number of rotatable bonds is 2. The molecule has 0 heterocycles. The molecule has 0 aliphatic rings. The van der Waals surface area contributed by atoms with Crippen LogP contribution in [0.4, 0.5) is 0 Å². The highest BCUT2D eigenvalue weighted by Gasteiger charge is 2.11. The molecule has 0 unspecified atom stereocenters. The van der Waals surface area contributed by atoms with Crippen molar-refractivity contribution in [3.05, 3.63) is 28.3 Å². The predicted octanol–water partition coefficient (Wildman–Crippen LogP) is 3.11. The van der Waals surface area contributed by atoms with Crippen LogP contribution < -0.4 is 0 Å². The Labute approximate surface area is 93.6 Å². The van der Waals surface area contributed by atoms with E-state index in [2.05, 4.69) is 12.6 Å². The Morgan fingerprint density at radius 2 is 2.21 bits per heavy atom. The first-order valence-corrected chi connectivity index (χ1v) is 5.05. The van der Waals surface area contributed by atoms with Crippen LogP contribution in [0.2, 0.25) is 5.02 Å². The first kappa shape index (κ1) is 11.4. The molecule has 0 amide bonds. The summed E-state index contributed by atoms with van der Waals surface area (Å²) in [6.45, 7) is 3.95. The summed E-state index contributed by atoms with van der Waals surface area (Å²) in [6, 6.07) is 3.33. The summed E-state index contributed by atoms with van der Waals surface area (Å²) in [5.41, 5.74) is 1.31. The molecule has 0 bridgehead atoms. The first-order valence-electron chi connectivity index (χ1n) is 4.22. The number of ether oxygens (including phenoxy) is 1. The molecule has 1 rings (SSSR count). The number of hydrogen-bond acceptors (Lipinski definition) is 3. The fourth-order valence-corrected chi connectivity index (χ4v) is 1.52. The second kappa shape index (κ2) is 4.71. The molecule has 0 fully saturated rings. The lowest BCUT2D eigenvalue weighted by atomic mass is 10.1. The van der Waals surface area contributed by atoms with Crippen LogP contribution in [0, 0.1) is 6.92 Å². The van der Waals surface area contributed by atoms with Gasteiger partial charge in [0.2, 0.25) is 0 Å². The number of hydrogen-bond donors (Lipinski definition) is 1. The van der Waals surface area contributed by atoms with E-state index in [1.165, 1.54) is 0 Å². The van der Waals surface area contributed by atoms with Gasteiger partial charge in [0.15, 0.2) is 0 Å². The fraction of sp³-hybridized carbons (Fsp3) is 0.300. The standard InChI is InChI=1S/C10H11ClO2S/c1-3-13-10(12)7-5-8(11)9(14)4-6(7)2/h4-5,14H,3H2,1-2H3. The van der Waals surface area contributed by atoms with Crippen LogP contribution in [0.3, 0.4) is 0 Å². The van der Waals surface area contributed by atoms with Crippen LogP contribution in [-0.2, 0) is 4.74 Å². The smallest absolute Gasteiger partial charge is 0.338 e. The topological polar surface area (TPSA) is 26.3 Å². The van der Waals surface area contributed by atoms with E-state index in [0.717, 1.165) is 5.56 Å². The number of halogens is 1. The van der Waals surface area contributed by atoms with Crippen molar-refractivity contribution in [3.8, 4) is 0 Å². The van der Waals surface area contributed by atoms with E-state index in [1.54, 1.807) is 19.1 Å². The Balaban J connectivity index is 3.09. The molecule has 0 aromatic heterocycles. The molecule has 0 atom stereocenters. The Morgan fingerprint density at radius 3 is 2.79 bits per heavy atom. The average Bonchev–Trinajstić information content (AvgIpc) is 2.11. The summed E-state index contributed by atoms with van der Waals surface area (Å²) >= 11 is 10.00. The van der Waals surface area contributed by atoms with Crippen molar-refractivity contribution in [1.82, 2.24) is 0 Å². The van der Waals surface area contributed by atoms with Gasteiger partial charge in [-0.25, -0.2) is 4.79 Å². The molecule has 0 saturated heterocycles. The minimum absolute atomic E-state index is 0.347. The molecule has 0 spiro atoms. The fourth-order valence-electron chi connectivity index (χ4n) is 1.10. The average molecular weight is 231 g/mol. The molecular weight excluding hydrogens is 220 g/mol. The van der Waals surface area contributed by atoms with Crippen molar-refractivity contribution in [1.29, 1.82) is 0 Å². The quantitative estimate of drug-likeness (QED) is 0.624. The number of esters is 1. The van der Waals surface area contributed by atoms with Crippen LogP contribution >= 0.6 is 24.2 Å². The minimum Gasteiger partial charge on any atom is -0.462 e. The third kappa shape index (κ3) is 2.42. The lowest BCUT2D eigenvalue weighted by Crippen LogP contribution is -2.06. The Morgan fingerprint density at radius 1 is 1.57 bits per heavy atom. The predicted molar refractivity (Wildman–Crippen MR) is 59.4 cm³/mol. The molecule has 0 aliphatic carbocycles. The molecule has 14 heavy (non-hydrogen) atoms. The summed E-state index contributed by atoms with van der Waals surface area (Å²) in [6.07, 6.45) is 0. The SMILES string of the molecule is CCOC(=O)c1cc(Cl)c(S)cc1C. The molecule has 1 aromatic rings. The van der Waals surface area contributed by atoms with Crippen LogP contribution in [0.1, 0.15) is 22.8 Å². The molecule has 2 nitrogen and oxygen atoms in total. The molecule has 4 heteroatoms. The van der Waals surface area contributed by atoms with Crippen LogP contribution in [-0.4, -0.2) is 12.6 Å². The largest absolute Gasteiger partial charge is 0.462 e. The minimum atomic E-state index is -0.347. The van der Waals surface area contributed by atoms with Gasteiger partial charge < -0.3 is 4.74 Å². The number of thiol groups is 1. The highest BCUT2D eigenvalue weighted by atomic mass is 35.5. The second-order valence-corrected chi connectivity index (χ2v) is 3.73. The molecule has 0 saturated carbocycles. The van der Waals surface area contributed by atoms with E-state index in [1.807, 2.05) is 6.92 Å². The number of carbonyl (C=O) groups excluding carboxylic acids is 1. The summed E-state index contributed by atoms with van der Waals surface area (Å²) < 4.78 is 4.88. The van der Waals surface area contributed by atoms with Crippen LogP contribution in [0.5, 0.6) is 0 Å². The van der Waals surface area contributed by atoms with Crippen molar-refractivity contribution in [2.75, 3.05) is 6.61 Å². The highest BCUT2D eigenvalue weighted by Crippen LogP contribution is 2.24. The van der Waals surface area contributed by atoms with E-state index in [9.17, 15) is 4.79 Å². The monoisotopic (exact) mass is 230 g/mol. The lowest BCUT2D eigenvalue weighted by molar-refractivity contribution is 0.0525. The van der Waals surface area contributed by atoms with E-state index < -0.39 is 0 Å².